The third-order valence-corrected chi connectivity index (χ3v) is 5.82. The normalized spacial score (nSPS) is 17.1. The minimum absolute atomic E-state index is 0.0640. The van der Waals surface area contributed by atoms with E-state index in [1.165, 1.54) is 0 Å². The Hall–Kier alpha value is -2.90. The van der Waals surface area contributed by atoms with Gasteiger partial charge in [-0.3, -0.25) is 9.48 Å². The molecule has 29 heavy (non-hydrogen) atoms. The lowest BCUT2D eigenvalue weighted by Crippen LogP contribution is -2.40. The largest absolute Gasteiger partial charge is 0.356 e. The number of carbonyl (C=O) groups is 1. The first-order valence-electron chi connectivity index (χ1n) is 10.3. The lowest BCUT2D eigenvalue weighted by atomic mass is 9.95. The number of likely N-dealkylation sites (tertiary alicyclic amines) is 1. The lowest BCUT2D eigenvalue weighted by Gasteiger charge is -2.35. The number of rotatable bonds is 5. The van der Waals surface area contributed by atoms with Gasteiger partial charge in [-0.2, -0.15) is 5.10 Å². The molecule has 3 aromatic rings. The van der Waals surface area contributed by atoms with Crippen LogP contribution in [0.2, 0.25) is 0 Å². The van der Waals surface area contributed by atoms with Crippen LogP contribution in [0.1, 0.15) is 55.0 Å². The maximum absolute atomic E-state index is 13.2. The molecule has 0 N–H and O–H groups in total. The summed E-state index contributed by atoms with van der Waals surface area (Å²) in [5.41, 5.74) is 3.70. The molecule has 0 aromatic carbocycles. The van der Waals surface area contributed by atoms with Crippen LogP contribution in [0, 0.1) is 13.8 Å². The van der Waals surface area contributed by atoms with E-state index in [2.05, 4.69) is 17.1 Å². The van der Waals surface area contributed by atoms with Crippen LogP contribution in [0.15, 0.2) is 23.1 Å². The first-order valence-corrected chi connectivity index (χ1v) is 10.3. The van der Waals surface area contributed by atoms with Crippen LogP contribution in [0.4, 0.5) is 0 Å². The maximum atomic E-state index is 13.2. The van der Waals surface area contributed by atoms with E-state index in [-0.39, 0.29) is 11.9 Å². The van der Waals surface area contributed by atoms with Crippen molar-refractivity contribution in [2.45, 2.75) is 59.0 Å². The van der Waals surface area contributed by atoms with Crippen molar-refractivity contribution in [2.75, 3.05) is 6.54 Å². The molecule has 1 saturated heterocycles. The molecule has 0 spiro atoms. The van der Waals surface area contributed by atoms with E-state index in [0.717, 1.165) is 66.3 Å². The van der Waals surface area contributed by atoms with E-state index in [1.54, 1.807) is 10.9 Å². The van der Waals surface area contributed by atoms with Gasteiger partial charge in [-0.15, -0.1) is 0 Å². The molecular weight excluding hydrogens is 368 g/mol. The summed E-state index contributed by atoms with van der Waals surface area (Å²) in [7, 11) is 1.90. The van der Waals surface area contributed by atoms with Gasteiger partial charge in [0.1, 0.15) is 12.4 Å². The number of carbonyl (C=O) groups excluding carboxylic acids is 1. The Bertz CT molecular complexity index is 1010. The van der Waals surface area contributed by atoms with Crippen molar-refractivity contribution in [1.82, 2.24) is 29.4 Å². The molecule has 1 amide bonds. The van der Waals surface area contributed by atoms with Crippen molar-refractivity contribution in [3.8, 4) is 11.3 Å². The third-order valence-electron chi connectivity index (χ3n) is 5.82. The Balaban J connectivity index is 1.66. The lowest BCUT2D eigenvalue weighted by molar-refractivity contribution is -0.135. The number of hydrogen-bond acceptors (Lipinski definition) is 5. The molecule has 1 unspecified atom stereocenters. The summed E-state index contributed by atoms with van der Waals surface area (Å²) in [6.45, 7) is 7.04. The highest BCUT2D eigenvalue weighted by molar-refractivity contribution is 5.77. The van der Waals surface area contributed by atoms with E-state index < -0.39 is 0 Å². The summed E-state index contributed by atoms with van der Waals surface area (Å²) in [4.78, 5) is 19.6. The molecular formula is C21H28N6O2. The molecule has 4 rings (SSSR count). The van der Waals surface area contributed by atoms with Gasteiger partial charge in [-0.1, -0.05) is 12.1 Å². The Labute approximate surface area is 170 Å². The fourth-order valence-corrected chi connectivity index (χ4v) is 4.14. The first-order chi connectivity index (χ1) is 14.0. The smallest absolute Gasteiger partial charge is 0.243 e. The van der Waals surface area contributed by atoms with Gasteiger partial charge in [0.05, 0.1) is 23.0 Å². The zero-order valence-corrected chi connectivity index (χ0v) is 17.6. The fourth-order valence-electron chi connectivity index (χ4n) is 4.14. The van der Waals surface area contributed by atoms with E-state index in [9.17, 15) is 4.79 Å². The monoisotopic (exact) mass is 396 g/mol. The van der Waals surface area contributed by atoms with Crippen molar-refractivity contribution < 1.29 is 9.32 Å². The number of aryl methyl sites for hydroxylation is 3. The molecule has 0 aliphatic carbocycles. The van der Waals surface area contributed by atoms with Crippen LogP contribution in [0.5, 0.6) is 0 Å². The number of aromatic nitrogens is 5. The number of amides is 1. The highest BCUT2D eigenvalue weighted by Gasteiger charge is 2.33. The molecule has 0 radical (unpaired) electrons. The van der Waals surface area contributed by atoms with Crippen LogP contribution in [-0.2, 0) is 24.8 Å². The van der Waals surface area contributed by atoms with Gasteiger partial charge in [0.25, 0.3) is 0 Å². The third kappa shape index (κ3) is 3.59. The van der Waals surface area contributed by atoms with Crippen molar-refractivity contribution >= 4 is 5.91 Å². The minimum atomic E-state index is -0.0640. The van der Waals surface area contributed by atoms with Crippen LogP contribution in [0.25, 0.3) is 11.3 Å². The molecule has 4 heterocycles. The van der Waals surface area contributed by atoms with Gasteiger partial charge in [0.2, 0.25) is 5.91 Å². The van der Waals surface area contributed by atoms with Gasteiger partial charge < -0.3 is 14.0 Å². The highest BCUT2D eigenvalue weighted by Crippen LogP contribution is 2.37. The van der Waals surface area contributed by atoms with Gasteiger partial charge in [0, 0.05) is 44.2 Å². The number of piperidine rings is 1. The molecule has 1 aliphatic rings. The standard InChI is InChI=1S/C21H28N6O2/c1-5-18-22-9-11-26(18)13-19(28)27-10-7-6-8-17(27)20-16(12-25(4)23-20)21-14(2)15(3)24-29-21/h9,11-12,17H,5-8,10,13H2,1-4H3. The van der Waals surface area contributed by atoms with Gasteiger partial charge >= 0.3 is 0 Å². The maximum Gasteiger partial charge on any atom is 0.243 e. The quantitative estimate of drug-likeness (QED) is 0.661. The van der Waals surface area contributed by atoms with E-state index in [0.29, 0.717) is 6.54 Å². The Morgan fingerprint density at radius 2 is 2.14 bits per heavy atom. The number of hydrogen-bond donors (Lipinski definition) is 0. The number of imidazole rings is 1. The van der Waals surface area contributed by atoms with Crippen molar-refractivity contribution in [3.63, 3.8) is 0 Å². The van der Waals surface area contributed by atoms with Crippen molar-refractivity contribution in [1.29, 1.82) is 0 Å². The molecule has 0 bridgehead atoms. The zero-order chi connectivity index (χ0) is 20.5. The predicted molar refractivity (Wildman–Crippen MR) is 108 cm³/mol. The van der Waals surface area contributed by atoms with Gasteiger partial charge in [-0.25, -0.2) is 4.98 Å². The van der Waals surface area contributed by atoms with E-state index in [1.807, 2.05) is 42.8 Å². The molecule has 8 nitrogen and oxygen atoms in total. The summed E-state index contributed by atoms with van der Waals surface area (Å²) in [6.07, 6.45) is 9.38. The molecule has 1 fully saturated rings. The fraction of sp³-hybridized carbons (Fsp3) is 0.524. The molecule has 1 aliphatic heterocycles. The molecule has 154 valence electrons. The second-order valence-corrected chi connectivity index (χ2v) is 7.75. The number of nitrogens with zero attached hydrogens (tertiary/aromatic N) is 6. The predicted octanol–water partition coefficient (Wildman–Crippen LogP) is 3.20. The second kappa shape index (κ2) is 7.85. The topological polar surface area (TPSA) is 82.0 Å². The average Bonchev–Trinajstić information content (AvgIpc) is 3.41. The SMILES string of the molecule is CCc1nccn1CC(=O)N1CCCCC1c1nn(C)cc1-c1onc(C)c1C. The zero-order valence-electron chi connectivity index (χ0n) is 17.6. The highest BCUT2D eigenvalue weighted by atomic mass is 16.5. The minimum Gasteiger partial charge on any atom is -0.356 e. The average molecular weight is 396 g/mol. The first kappa shape index (κ1) is 19.4. The molecule has 1 atom stereocenters. The van der Waals surface area contributed by atoms with Crippen molar-refractivity contribution in [2.24, 2.45) is 7.05 Å². The molecule has 8 heteroatoms. The molecule has 3 aromatic heterocycles. The summed E-state index contributed by atoms with van der Waals surface area (Å²) < 4.78 is 9.36. The van der Waals surface area contributed by atoms with Crippen LogP contribution in [-0.4, -0.2) is 41.8 Å². The summed E-state index contributed by atoms with van der Waals surface area (Å²) in [6, 6.07) is -0.0640. The summed E-state index contributed by atoms with van der Waals surface area (Å²) >= 11 is 0. The van der Waals surface area contributed by atoms with E-state index in [4.69, 9.17) is 9.62 Å². The van der Waals surface area contributed by atoms with Crippen molar-refractivity contribution in [3.05, 3.63) is 41.4 Å². The summed E-state index contributed by atoms with van der Waals surface area (Å²) in [5, 5.41) is 8.85. The Morgan fingerprint density at radius 1 is 1.31 bits per heavy atom. The Kier molecular flexibility index (Phi) is 5.25. The summed E-state index contributed by atoms with van der Waals surface area (Å²) in [5.74, 6) is 1.77. The van der Waals surface area contributed by atoms with E-state index >= 15 is 0 Å². The van der Waals surface area contributed by atoms with Crippen LogP contribution < -0.4 is 0 Å². The second-order valence-electron chi connectivity index (χ2n) is 7.75. The van der Waals surface area contributed by atoms with Crippen LogP contribution >= 0.6 is 0 Å². The molecule has 0 saturated carbocycles. The van der Waals surface area contributed by atoms with Gasteiger partial charge in [0.15, 0.2) is 5.76 Å². The Morgan fingerprint density at radius 3 is 2.86 bits per heavy atom. The van der Waals surface area contributed by atoms with Crippen LogP contribution in [0.3, 0.4) is 0 Å². The van der Waals surface area contributed by atoms with Gasteiger partial charge in [-0.05, 0) is 33.1 Å².